The van der Waals surface area contributed by atoms with Gasteiger partial charge in [0.1, 0.15) is 9.88 Å². The molecule has 3 heterocycles. The maximum atomic E-state index is 11.5. The monoisotopic (exact) mass is 317 g/mol. The number of hydrogen-bond donors (Lipinski definition) is 1. The number of hydrogen-bond acceptors (Lipinski definition) is 6. The Morgan fingerprint density at radius 3 is 2.95 bits per heavy atom. The molecule has 3 aromatic rings. The fraction of sp³-hybridized carbons (Fsp3) is 0.0714. The predicted molar refractivity (Wildman–Crippen MR) is 84.2 cm³/mol. The van der Waals surface area contributed by atoms with Crippen LogP contribution in [0.4, 0.5) is 0 Å². The van der Waals surface area contributed by atoms with E-state index in [-0.39, 0.29) is 5.91 Å². The van der Waals surface area contributed by atoms with Crippen LogP contribution in [0.5, 0.6) is 0 Å². The van der Waals surface area contributed by atoms with Crippen molar-refractivity contribution in [1.82, 2.24) is 15.3 Å². The molecular weight excluding hydrogens is 306 g/mol. The third kappa shape index (κ3) is 3.09. The van der Waals surface area contributed by atoms with E-state index >= 15 is 0 Å². The van der Waals surface area contributed by atoms with Crippen LogP contribution in [0.3, 0.4) is 0 Å². The van der Waals surface area contributed by atoms with Crippen LogP contribution in [0, 0.1) is 0 Å². The fourth-order valence-electron chi connectivity index (χ4n) is 1.62. The molecule has 0 aliphatic rings. The Labute approximate surface area is 129 Å². The molecule has 0 saturated carbocycles. The summed E-state index contributed by atoms with van der Waals surface area (Å²) in [6, 6.07) is 3.71. The molecule has 0 spiro atoms. The number of rotatable bonds is 4. The summed E-state index contributed by atoms with van der Waals surface area (Å²) in [6.45, 7) is 0. The zero-order chi connectivity index (χ0) is 14.7. The van der Waals surface area contributed by atoms with Crippen LogP contribution >= 0.6 is 22.7 Å². The summed E-state index contributed by atoms with van der Waals surface area (Å²) in [5.74, 6) is 0.640. The van der Waals surface area contributed by atoms with E-state index in [9.17, 15) is 4.79 Å². The summed E-state index contributed by atoms with van der Waals surface area (Å²) in [5.41, 5.74) is 0. The lowest BCUT2D eigenvalue weighted by Gasteiger charge is -1.90. The lowest BCUT2D eigenvalue weighted by molar-refractivity contribution is 0.0967. The van der Waals surface area contributed by atoms with Crippen LogP contribution in [0.25, 0.3) is 22.9 Å². The summed E-state index contributed by atoms with van der Waals surface area (Å²) in [6.07, 6.45) is 8.78. The molecule has 1 N–H and O–H groups in total. The van der Waals surface area contributed by atoms with E-state index in [1.807, 2.05) is 24.3 Å². The first-order chi connectivity index (χ1) is 10.3. The molecule has 0 bridgehead atoms. The molecule has 0 saturated heterocycles. The van der Waals surface area contributed by atoms with Crippen molar-refractivity contribution in [2.45, 2.75) is 0 Å². The number of thiazole rings is 2. The number of carbonyl (C=O) groups excluding carboxylic acids is 1. The second kappa shape index (κ2) is 6.02. The van der Waals surface area contributed by atoms with Gasteiger partial charge in [-0.2, -0.15) is 0 Å². The topological polar surface area (TPSA) is 68.0 Å². The SMILES string of the molecule is CNC(=O)c1cnc(/C=C/c2cnc(-c3ccco3)s2)s1. The second-order valence-electron chi connectivity index (χ2n) is 4.02. The van der Waals surface area contributed by atoms with Crippen molar-refractivity contribution in [3.63, 3.8) is 0 Å². The minimum atomic E-state index is -0.120. The van der Waals surface area contributed by atoms with E-state index < -0.39 is 0 Å². The van der Waals surface area contributed by atoms with Crippen LogP contribution in [0.1, 0.15) is 19.6 Å². The molecular formula is C14H11N3O2S2. The van der Waals surface area contributed by atoms with Crippen LogP contribution in [0.15, 0.2) is 35.2 Å². The van der Waals surface area contributed by atoms with E-state index in [2.05, 4.69) is 15.3 Å². The Hall–Kier alpha value is -2.25. The summed E-state index contributed by atoms with van der Waals surface area (Å²) < 4.78 is 5.31. The Balaban J connectivity index is 1.74. The molecule has 21 heavy (non-hydrogen) atoms. The van der Waals surface area contributed by atoms with Crippen LogP contribution in [-0.2, 0) is 0 Å². The second-order valence-corrected chi connectivity index (χ2v) is 6.14. The molecule has 3 aromatic heterocycles. The number of furan rings is 1. The van der Waals surface area contributed by atoms with Crippen molar-refractivity contribution in [1.29, 1.82) is 0 Å². The van der Waals surface area contributed by atoms with E-state index in [1.165, 1.54) is 22.7 Å². The Morgan fingerprint density at radius 2 is 2.19 bits per heavy atom. The molecule has 0 radical (unpaired) electrons. The van der Waals surface area contributed by atoms with Gasteiger partial charge in [-0.1, -0.05) is 0 Å². The van der Waals surface area contributed by atoms with Crippen molar-refractivity contribution in [3.8, 4) is 10.8 Å². The molecule has 7 heteroatoms. The van der Waals surface area contributed by atoms with Crippen molar-refractivity contribution in [2.24, 2.45) is 0 Å². The van der Waals surface area contributed by atoms with Crippen molar-refractivity contribution >= 4 is 40.7 Å². The molecule has 0 aliphatic heterocycles. The van der Waals surface area contributed by atoms with Crippen LogP contribution < -0.4 is 5.32 Å². The molecule has 106 valence electrons. The zero-order valence-electron chi connectivity index (χ0n) is 11.1. The third-order valence-corrected chi connectivity index (χ3v) is 4.56. The Bertz CT molecular complexity index is 772. The van der Waals surface area contributed by atoms with E-state index in [1.54, 1.807) is 25.7 Å². The first-order valence-electron chi connectivity index (χ1n) is 6.12. The summed E-state index contributed by atoms with van der Waals surface area (Å²) in [5, 5.41) is 4.19. The summed E-state index contributed by atoms with van der Waals surface area (Å²) >= 11 is 2.88. The van der Waals surface area contributed by atoms with Crippen molar-refractivity contribution in [3.05, 3.63) is 45.6 Å². The van der Waals surface area contributed by atoms with Gasteiger partial charge in [-0.05, 0) is 24.3 Å². The van der Waals surface area contributed by atoms with Gasteiger partial charge in [0.2, 0.25) is 0 Å². The first kappa shape index (κ1) is 13.7. The van der Waals surface area contributed by atoms with Crippen LogP contribution in [0.2, 0.25) is 0 Å². The highest BCUT2D eigenvalue weighted by Gasteiger charge is 2.08. The minimum absolute atomic E-state index is 0.120. The van der Waals surface area contributed by atoms with Gasteiger partial charge in [-0.15, -0.1) is 22.7 Å². The first-order valence-corrected chi connectivity index (χ1v) is 7.75. The highest BCUT2D eigenvalue weighted by atomic mass is 32.1. The van der Waals surface area contributed by atoms with Gasteiger partial charge in [0.25, 0.3) is 5.91 Å². The number of nitrogens with one attached hydrogen (secondary N) is 1. The Kier molecular flexibility index (Phi) is 3.94. The lowest BCUT2D eigenvalue weighted by atomic mass is 10.4. The highest BCUT2D eigenvalue weighted by molar-refractivity contribution is 7.16. The highest BCUT2D eigenvalue weighted by Crippen LogP contribution is 2.26. The molecule has 0 atom stereocenters. The van der Waals surface area contributed by atoms with Gasteiger partial charge < -0.3 is 9.73 Å². The zero-order valence-corrected chi connectivity index (χ0v) is 12.7. The normalized spacial score (nSPS) is 11.1. The summed E-state index contributed by atoms with van der Waals surface area (Å²) in [4.78, 5) is 21.5. The minimum Gasteiger partial charge on any atom is -0.462 e. The maximum Gasteiger partial charge on any atom is 0.262 e. The van der Waals surface area contributed by atoms with E-state index in [0.29, 0.717) is 4.88 Å². The number of carbonyl (C=O) groups is 1. The van der Waals surface area contributed by atoms with Gasteiger partial charge in [0.15, 0.2) is 10.8 Å². The van der Waals surface area contributed by atoms with Crippen LogP contribution in [-0.4, -0.2) is 22.9 Å². The molecule has 1 amide bonds. The average Bonchev–Trinajstić information content (AvgIpc) is 3.23. The van der Waals surface area contributed by atoms with Gasteiger partial charge in [0.05, 0.1) is 12.5 Å². The Morgan fingerprint density at radius 1 is 1.29 bits per heavy atom. The van der Waals surface area contributed by atoms with Crippen molar-refractivity contribution < 1.29 is 9.21 Å². The standard InChI is InChI=1S/C14H11N3O2S2/c1-15-13(18)11-8-16-12(21-11)5-4-9-7-17-14(20-9)10-3-2-6-19-10/h2-8H,1H3,(H,15,18)/b5-4+. The van der Waals surface area contributed by atoms with Gasteiger partial charge in [-0.25, -0.2) is 9.97 Å². The summed E-state index contributed by atoms with van der Waals surface area (Å²) in [7, 11) is 1.60. The quantitative estimate of drug-likeness (QED) is 0.801. The molecule has 0 fully saturated rings. The third-order valence-electron chi connectivity index (χ3n) is 2.62. The fourth-order valence-corrected chi connectivity index (χ4v) is 3.18. The molecule has 5 nitrogen and oxygen atoms in total. The van der Waals surface area contributed by atoms with Crippen molar-refractivity contribution in [2.75, 3.05) is 7.05 Å². The number of nitrogens with zero attached hydrogens (tertiary/aromatic N) is 2. The number of amides is 1. The molecule has 0 aromatic carbocycles. The molecule has 0 unspecified atom stereocenters. The van der Waals surface area contributed by atoms with Gasteiger partial charge >= 0.3 is 0 Å². The lowest BCUT2D eigenvalue weighted by Crippen LogP contribution is -2.16. The maximum absolute atomic E-state index is 11.5. The smallest absolute Gasteiger partial charge is 0.262 e. The average molecular weight is 317 g/mol. The van der Waals surface area contributed by atoms with Gasteiger partial charge in [0, 0.05) is 18.1 Å². The van der Waals surface area contributed by atoms with E-state index in [4.69, 9.17) is 4.42 Å². The molecule has 3 rings (SSSR count). The molecule has 0 aliphatic carbocycles. The van der Waals surface area contributed by atoms with Gasteiger partial charge in [-0.3, -0.25) is 4.79 Å². The largest absolute Gasteiger partial charge is 0.462 e. The van der Waals surface area contributed by atoms with E-state index in [0.717, 1.165) is 20.7 Å². The predicted octanol–water partition coefficient (Wildman–Crippen LogP) is 3.39. The number of aromatic nitrogens is 2.